The molecule has 2 aromatic carbocycles. The second kappa shape index (κ2) is 15.3. The summed E-state index contributed by atoms with van der Waals surface area (Å²) in [6.07, 6.45) is 4.84. The molecule has 0 bridgehead atoms. The lowest BCUT2D eigenvalue weighted by molar-refractivity contribution is -0.136. The second-order valence-corrected chi connectivity index (χ2v) is 15.0. The number of imidazole rings is 1. The van der Waals surface area contributed by atoms with Crippen molar-refractivity contribution in [3.05, 3.63) is 95.8 Å². The molecular weight excluding hydrogens is 759 g/mol. The van der Waals surface area contributed by atoms with Gasteiger partial charge in [-0.3, -0.25) is 39.0 Å². The number of aryl methyl sites for hydroxylation is 1. The number of nitrogens with one attached hydrogen (secondary N) is 3. The van der Waals surface area contributed by atoms with E-state index in [0.29, 0.717) is 48.9 Å². The molecule has 6 heterocycles. The Morgan fingerprint density at radius 3 is 2.44 bits per heavy atom. The van der Waals surface area contributed by atoms with E-state index in [0.717, 1.165) is 34.8 Å². The number of fused-ring (bicyclic) bond motifs is 2. The van der Waals surface area contributed by atoms with Crippen LogP contribution < -0.4 is 25.6 Å². The minimum absolute atomic E-state index is 0.000584. The molecule has 18 nitrogen and oxygen atoms in total. The Hall–Kier alpha value is -7.24. The van der Waals surface area contributed by atoms with Crippen LogP contribution in [0.15, 0.2) is 73.3 Å². The maximum Gasteiger partial charge on any atom is 0.270 e. The number of benzene rings is 2. The third kappa shape index (κ3) is 7.17. The number of nitrogens with zero attached hydrogens (tertiary/aromatic N) is 8. The van der Waals surface area contributed by atoms with Gasteiger partial charge in [-0.15, -0.1) is 0 Å². The van der Waals surface area contributed by atoms with E-state index in [9.17, 15) is 28.8 Å². The number of pyridine rings is 1. The SMILES string of the molecule is Cc1cccc(C(=O)NC2CC(n3cnc4c(Nc5ccc(N6CCN(C(=O)COc7cccc8c7C(=O)N([C@H]7CCC(=O)NC7=O)C8=O)CC6)cc5)ncnc43)C2)n1. The number of carbonyl (C=O) groups is 6. The molecule has 3 fully saturated rings. The fourth-order valence-electron chi connectivity index (χ4n) is 8.01. The molecule has 4 aliphatic rings. The Bertz CT molecular complexity index is 2530. The van der Waals surface area contributed by atoms with Crippen molar-refractivity contribution in [1.29, 1.82) is 0 Å². The van der Waals surface area contributed by atoms with Gasteiger partial charge < -0.3 is 29.7 Å². The number of piperidine rings is 1. The van der Waals surface area contributed by atoms with Crippen LogP contribution in [0.3, 0.4) is 0 Å². The summed E-state index contributed by atoms with van der Waals surface area (Å²) >= 11 is 0. The molecule has 0 unspecified atom stereocenters. The van der Waals surface area contributed by atoms with Crippen LogP contribution in [-0.4, -0.2) is 115 Å². The molecule has 5 aromatic rings. The number of ether oxygens (including phenoxy) is 1. The van der Waals surface area contributed by atoms with Gasteiger partial charge in [0.05, 0.1) is 17.5 Å². The first-order valence-electron chi connectivity index (χ1n) is 19.4. The van der Waals surface area contributed by atoms with E-state index in [1.807, 2.05) is 47.9 Å². The molecule has 3 aromatic heterocycles. The maximum atomic E-state index is 13.4. The number of hydrogen-bond donors (Lipinski definition) is 3. The highest BCUT2D eigenvalue weighted by molar-refractivity contribution is 6.24. The lowest BCUT2D eigenvalue weighted by Crippen LogP contribution is -2.54. The van der Waals surface area contributed by atoms with Crippen LogP contribution in [0, 0.1) is 6.92 Å². The Balaban J connectivity index is 0.764. The zero-order valence-electron chi connectivity index (χ0n) is 32.0. The summed E-state index contributed by atoms with van der Waals surface area (Å²) in [5.74, 6) is -2.28. The smallest absolute Gasteiger partial charge is 0.270 e. The van der Waals surface area contributed by atoms with E-state index in [1.165, 1.54) is 18.5 Å². The number of anilines is 3. The first-order valence-corrected chi connectivity index (χ1v) is 19.4. The average molecular weight is 798 g/mol. The van der Waals surface area contributed by atoms with E-state index in [2.05, 4.69) is 40.8 Å². The van der Waals surface area contributed by atoms with Crippen molar-refractivity contribution in [1.82, 2.24) is 44.9 Å². The summed E-state index contributed by atoms with van der Waals surface area (Å²) in [4.78, 5) is 99.1. The van der Waals surface area contributed by atoms with Crippen molar-refractivity contribution < 1.29 is 33.5 Å². The molecule has 1 atom stereocenters. The van der Waals surface area contributed by atoms with Crippen molar-refractivity contribution in [3.8, 4) is 5.75 Å². The van der Waals surface area contributed by atoms with Crippen LogP contribution in [0.2, 0.25) is 0 Å². The molecule has 1 aliphatic carbocycles. The van der Waals surface area contributed by atoms with Crippen molar-refractivity contribution >= 4 is 63.8 Å². The van der Waals surface area contributed by atoms with Crippen molar-refractivity contribution in [2.75, 3.05) is 43.0 Å². The fourth-order valence-corrected chi connectivity index (χ4v) is 8.01. The lowest BCUT2D eigenvalue weighted by atomic mass is 9.86. The third-order valence-electron chi connectivity index (χ3n) is 11.2. The highest BCUT2D eigenvalue weighted by Crippen LogP contribution is 2.36. The van der Waals surface area contributed by atoms with Gasteiger partial charge in [0.2, 0.25) is 11.8 Å². The van der Waals surface area contributed by atoms with E-state index in [4.69, 9.17) is 4.74 Å². The zero-order chi connectivity index (χ0) is 40.8. The molecule has 2 saturated heterocycles. The minimum atomic E-state index is -1.10. The summed E-state index contributed by atoms with van der Waals surface area (Å²) in [6, 6.07) is 16.9. The summed E-state index contributed by atoms with van der Waals surface area (Å²) in [5, 5.41) is 8.62. The number of carbonyl (C=O) groups excluding carboxylic acids is 6. The molecule has 3 N–H and O–H groups in total. The van der Waals surface area contributed by atoms with E-state index in [1.54, 1.807) is 23.4 Å². The van der Waals surface area contributed by atoms with E-state index < -0.39 is 29.7 Å². The van der Waals surface area contributed by atoms with E-state index >= 15 is 0 Å². The maximum absolute atomic E-state index is 13.4. The largest absolute Gasteiger partial charge is 0.483 e. The Morgan fingerprint density at radius 1 is 0.898 bits per heavy atom. The van der Waals surface area contributed by atoms with Gasteiger partial charge >= 0.3 is 0 Å². The number of amides is 6. The molecule has 0 radical (unpaired) electrons. The number of imide groups is 2. The fraction of sp³-hybridized carbons (Fsp3) is 0.317. The van der Waals surface area contributed by atoms with Gasteiger partial charge in [0, 0.05) is 61.8 Å². The topological polar surface area (TPSA) is 214 Å². The standard InChI is InChI=1S/C41H39N11O7/c1-23-4-2-6-29(45-23)38(55)47-25-18-27(19-25)51-22-44-35-36(42-21-43-37(35)51)46-24-8-10-26(11-9-24)49-14-16-50(17-15-49)33(54)20-59-31-7-3-5-28-34(31)41(58)52(40(28)57)30-12-13-32(53)48-39(30)56/h2-11,21-22,25,27,30H,12-20H2,1H3,(H,47,55)(H,42,43,46)(H,48,53,56)/t25?,27?,30-/m0/s1. The zero-order valence-corrected chi connectivity index (χ0v) is 32.0. The number of rotatable bonds is 10. The van der Waals surface area contributed by atoms with Crippen LogP contribution in [-0.2, 0) is 14.4 Å². The van der Waals surface area contributed by atoms with Gasteiger partial charge in [-0.1, -0.05) is 12.1 Å². The molecule has 0 spiro atoms. The predicted octanol–water partition coefficient (Wildman–Crippen LogP) is 2.54. The predicted molar refractivity (Wildman–Crippen MR) is 211 cm³/mol. The van der Waals surface area contributed by atoms with Crippen LogP contribution in [0.4, 0.5) is 17.2 Å². The monoisotopic (exact) mass is 797 g/mol. The summed E-state index contributed by atoms with van der Waals surface area (Å²) in [5.41, 5.74) is 4.45. The minimum Gasteiger partial charge on any atom is -0.483 e. The van der Waals surface area contributed by atoms with Crippen LogP contribution in [0.5, 0.6) is 5.75 Å². The van der Waals surface area contributed by atoms with Crippen LogP contribution >= 0.6 is 0 Å². The summed E-state index contributed by atoms with van der Waals surface area (Å²) < 4.78 is 7.85. The highest BCUT2D eigenvalue weighted by Gasteiger charge is 2.46. The van der Waals surface area contributed by atoms with E-state index in [-0.39, 0.29) is 60.2 Å². The van der Waals surface area contributed by atoms with Crippen molar-refractivity contribution in [3.63, 3.8) is 0 Å². The van der Waals surface area contributed by atoms with Gasteiger partial charge in [0.15, 0.2) is 23.6 Å². The first-order chi connectivity index (χ1) is 28.6. The van der Waals surface area contributed by atoms with Gasteiger partial charge in [-0.2, -0.15) is 0 Å². The quantitative estimate of drug-likeness (QED) is 0.174. The number of aromatic nitrogens is 5. The first kappa shape index (κ1) is 37.3. The number of piperazine rings is 1. The van der Waals surface area contributed by atoms with Crippen molar-refractivity contribution in [2.24, 2.45) is 0 Å². The molecule has 300 valence electrons. The Morgan fingerprint density at radius 2 is 1.68 bits per heavy atom. The molecule has 3 aliphatic heterocycles. The van der Waals surface area contributed by atoms with Crippen LogP contribution in [0.1, 0.15) is 68.6 Å². The normalized spacial score (nSPS) is 20.3. The molecule has 6 amide bonds. The lowest BCUT2D eigenvalue weighted by Gasteiger charge is -2.36. The summed E-state index contributed by atoms with van der Waals surface area (Å²) in [7, 11) is 0. The molecular formula is C41H39N11O7. The Labute approximate surface area is 337 Å². The second-order valence-electron chi connectivity index (χ2n) is 15.0. The Kier molecular flexibility index (Phi) is 9.66. The van der Waals surface area contributed by atoms with Crippen LogP contribution in [0.25, 0.3) is 11.2 Å². The van der Waals surface area contributed by atoms with Gasteiger partial charge in [0.25, 0.3) is 23.6 Å². The van der Waals surface area contributed by atoms with Gasteiger partial charge in [-0.05, 0) is 74.7 Å². The third-order valence-corrected chi connectivity index (χ3v) is 11.2. The molecule has 18 heteroatoms. The summed E-state index contributed by atoms with van der Waals surface area (Å²) in [6.45, 7) is 3.61. The highest BCUT2D eigenvalue weighted by atomic mass is 16.5. The van der Waals surface area contributed by atoms with Gasteiger partial charge in [0.1, 0.15) is 23.8 Å². The average Bonchev–Trinajstić information content (AvgIpc) is 3.77. The molecule has 1 saturated carbocycles. The molecule has 9 rings (SSSR count). The van der Waals surface area contributed by atoms with Crippen molar-refractivity contribution in [2.45, 2.75) is 50.7 Å². The van der Waals surface area contributed by atoms with Gasteiger partial charge in [-0.25, -0.2) is 19.9 Å². The number of hydrogen-bond acceptors (Lipinski definition) is 13. The molecule has 59 heavy (non-hydrogen) atoms.